The predicted octanol–water partition coefficient (Wildman–Crippen LogP) is 1.69. The van der Waals surface area contributed by atoms with Crippen molar-refractivity contribution in [2.24, 2.45) is 12.1 Å². The molecule has 1 aromatic carbocycles. The number of aryl methyl sites for hydroxylation is 2. The lowest BCUT2D eigenvalue weighted by Crippen LogP contribution is -2.25. The van der Waals surface area contributed by atoms with E-state index in [9.17, 15) is 9.59 Å². The highest BCUT2D eigenvalue weighted by molar-refractivity contribution is 7.71. The number of H-pyrrole nitrogens is 1. The first kappa shape index (κ1) is 16.8. The number of aromatic amines is 1. The van der Waals surface area contributed by atoms with Crippen LogP contribution in [-0.4, -0.2) is 36.7 Å². The molecule has 2 aromatic heterocycles. The van der Waals surface area contributed by atoms with Gasteiger partial charge in [-0.1, -0.05) is 18.2 Å². The van der Waals surface area contributed by atoms with Crippen LogP contribution in [0.1, 0.15) is 17.7 Å². The summed E-state index contributed by atoms with van der Waals surface area (Å²) in [4.78, 5) is 23.1. The van der Waals surface area contributed by atoms with E-state index in [1.54, 1.807) is 6.21 Å². The van der Waals surface area contributed by atoms with E-state index in [2.05, 4.69) is 15.3 Å². The molecule has 0 aliphatic heterocycles. The van der Waals surface area contributed by atoms with Crippen LogP contribution in [0.15, 0.2) is 40.4 Å². The normalized spacial score (nSPS) is 11.4. The lowest BCUT2D eigenvalue weighted by molar-refractivity contribution is -0.136. The van der Waals surface area contributed by atoms with Crippen LogP contribution >= 0.6 is 12.2 Å². The van der Waals surface area contributed by atoms with Gasteiger partial charge in [-0.3, -0.25) is 14.7 Å². The van der Waals surface area contributed by atoms with Crippen LogP contribution in [0.4, 0.5) is 0 Å². The Morgan fingerprint density at radius 2 is 2.20 bits per heavy atom. The topological polar surface area (TPSA) is 105 Å². The predicted molar refractivity (Wildman–Crippen MR) is 95.5 cm³/mol. The summed E-state index contributed by atoms with van der Waals surface area (Å²) in [6, 6.07) is 7.82. The van der Waals surface area contributed by atoms with Gasteiger partial charge in [-0.05, 0) is 18.3 Å². The van der Waals surface area contributed by atoms with Crippen LogP contribution in [0.5, 0.6) is 0 Å². The van der Waals surface area contributed by atoms with Gasteiger partial charge in [0.2, 0.25) is 4.77 Å². The van der Waals surface area contributed by atoms with E-state index in [-0.39, 0.29) is 23.3 Å². The minimum absolute atomic E-state index is 0.00404. The second-order valence-electron chi connectivity index (χ2n) is 5.44. The number of nitrogens with one attached hydrogen (secondary N) is 1. The van der Waals surface area contributed by atoms with Crippen molar-refractivity contribution in [1.29, 1.82) is 0 Å². The Morgan fingerprint density at radius 3 is 2.96 bits per heavy atom. The zero-order valence-corrected chi connectivity index (χ0v) is 14.2. The van der Waals surface area contributed by atoms with E-state index in [1.807, 2.05) is 42.1 Å². The molecule has 0 unspecified atom stereocenters. The molecule has 0 fully saturated rings. The summed E-state index contributed by atoms with van der Waals surface area (Å²) in [5, 5.41) is 20.3. The summed E-state index contributed by atoms with van der Waals surface area (Å²) in [5.74, 6) is -1.01. The summed E-state index contributed by atoms with van der Waals surface area (Å²) in [6.07, 6.45) is 3.26. The minimum Gasteiger partial charge on any atom is -0.481 e. The van der Waals surface area contributed by atoms with Crippen molar-refractivity contribution in [3.8, 4) is 0 Å². The van der Waals surface area contributed by atoms with Gasteiger partial charge in [0.25, 0.3) is 5.56 Å². The van der Waals surface area contributed by atoms with E-state index in [4.69, 9.17) is 17.3 Å². The second kappa shape index (κ2) is 6.81. The van der Waals surface area contributed by atoms with Gasteiger partial charge in [0.15, 0.2) is 0 Å². The molecular weight excluding hydrogens is 342 g/mol. The molecule has 0 spiro atoms. The quantitative estimate of drug-likeness (QED) is 0.534. The number of carboxylic acids is 1. The smallest absolute Gasteiger partial charge is 0.303 e. The van der Waals surface area contributed by atoms with E-state index in [1.165, 1.54) is 0 Å². The lowest BCUT2D eigenvalue weighted by atomic mass is 10.2. The molecule has 2 heterocycles. The number of hydrogen-bond acceptors (Lipinski definition) is 5. The van der Waals surface area contributed by atoms with Gasteiger partial charge < -0.3 is 9.67 Å². The fourth-order valence-corrected chi connectivity index (χ4v) is 2.69. The average molecular weight is 357 g/mol. The summed E-state index contributed by atoms with van der Waals surface area (Å²) in [7, 11) is 1.93. The SMILES string of the molecule is Cn1cc(/C=N\n2c(=S)[nH]nc(CCC(=O)O)c2=O)c2ccccc21. The molecule has 0 aliphatic rings. The van der Waals surface area contributed by atoms with Crippen LogP contribution in [0.3, 0.4) is 0 Å². The number of fused-ring (bicyclic) bond motifs is 1. The zero-order chi connectivity index (χ0) is 18.0. The van der Waals surface area contributed by atoms with E-state index >= 15 is 0 Å². The number of rotatable bonds is 5. The average Bonchev–Trinajstić information content (AvgIpc) is 2.90. The number of aromatic nitrogens is 4. The first-order chi connectivity index (χ1) is 12.0. The highest BCUT2D eigenvalue weighted by atomic mass is 32.1. The number of benzene rings is 1. The van der Waals surface area contributed by atoms with Crippen LogP contribution in [0.25, 0.3) is 10.9 Å². The van der Waals surface area contributed by atoms with E-state index in [0.29, 0.717) is 0 Å². The molecule has 25 heavy (non-hydrogen) atoms. The van der Waals surface area contributed by atoms with Crippen LogP contribution in [0.2, 0.25) is 0 Å². The molecule has 3 rings (SSSR count). The first-order valence-electron chi connectivity index (χ1n) is 7.48. The standard InChI is InChI=1S/C16H15N5O3S/c1-20-9-10(11-4-2-3-5-13(11)20)8-17-21-15(24)12(6-7-14(22)23)18-19-16(21)25/h2-5,8-9H,6-7H2,1H3,(H,19,25)(H,22,23)/b17-8-. The number of carboxylic acid groups (broad SMARTS) is 1. The van der Waals surface area contributed by atoms with Gasteiger partial charge in [0.05, 0.1) is 12.6 Å². The maximum Gasteiger partial charge on any atom is 0.303 e. The zero-order valence-electron chi connectivity index (χ0n) is 13.3. The first-order valence-corrected chi connectivity index (χ1v) is 7.89. The molecule has 0 amide bonds. The molecule has 128 valence electrons. The van der Waals surface area contributed by atoms with Crippen LogP contribution in [-0.2, 0) is 18.3 Å². The largest absolute Gasteiger partial charge is 0.481 e. The third kappa shape index (κ3) is 3.41. The van der Waals surface area contributed by atoms with E-state index < -0.39 is 11.5 Å². The molecule has 0 saturated heterocycles. The monoisotopic (exact) mass is 357 g/mol. The van der Waals surface area contributed by atoms with Gasteiger partial charge in [-0.25, -0.2) is 0 Å². The molecule has 2 N–H and O–H groups in total. The van der Waals surface area contributed by atoms with Crippen molar-refractivity contribution in [3.63, 3.8) is 0 Å². The van der Waals surface area contributed by atoms with Gasteiger partial charge in [-0.15, -0.1) is 0 Å². The third-order valence-electron chi connectivity index (χ3n) is 3.73. The molecule has 9 heteroatoms. The fraction of sp³-hybridized carbons (Fsp3) is 0.188. The second-order valence-corrected chi connectivity index (χ2v) is 5.83. The Balaban J connectivity index is 2.00. The molecule has 3 aromatic rings. The number of hydrogen-bond donors (Lipinski definition) is 2. The van der Waals surface area contributed by atoms with Gasteiger partial charge in [-0.2, -0.15) is 14.9 Å². The van der Waals surface area contributed by atoms with Crippen molar-refractivity contribution >= 4 is 35.3 Å². The maximum atomic E-state index is 12.4. The van der Waals surface area contributed by atoms with Crippen molar-refractivity contribution in [2.75, 3.05) is 0 Å². The molecule has 8 nitrogen and oxygen atoms in total. The molecular formula is C16H15N5O3S. The van der Waals surface area contributed by atoms with Crippen molar-refractivity contribution < 1.29 is 9.90 Å². The van der Waals surface area contributed by atoms with Gasteiger partial charge in [0.1, 0.15) is 5.69 Å². The van der Waals surface area contributed by atoms with Crippen LogP contribution < -0.4 is 5.56 Å². The Kier molecular flexibility index (Phi) is 4.57. The summed E-state index contributed by atoms with van der Waals surface area (Å²) in [5.41, 5.74) is 1.43. The maximum absolute atomic E-state index is 12.4. The lowest BCUT2D eigenvalue weighted by Gasteiger charge is -2.01. The molecule has 0 radical (unpaired) electrons. The highest BCUT2D eigenvalue weighted by Gasteiger charge is 2.09. The van der Waals surface area contributed by atoms with Crippen molar-refractivity contribution in [3.05, 3.63) is 56.8 Å². The number of para-hydroxylation sites is 1. The van der Waals surface area contributed by atoms with E-state index in [0.717, 1.165) is 21.1 Å². The summed E-state index contributed by atoms with van der Waals surface area (Å²) >= 11 is 5.06. The van der Waals surface area contributed by atoms with Gasteiger partial charge in [0, 0.05) is 36.1 Å². The minimum atomic E-state index is -1.01. The van der Waals surface area contributed by atoms with Crippen LogP contribution in [0, 0.1) is 4.77 Å². The van der Waals surface area contributed by atoms with Gasteiger partial charge >= 0.3 is 5.97 Å². The molecule has 0 bridgehead atoms. The fourth-order valence-electron chi connectivity index (χ4n) is 2.51. The number of nitrogens with zero attached hydrogens (tertiary/aromatic N) is 4. The Labute approximate surface area is 147 Å². The Morgan fingerprint density at radius 1 is 1.44 bits per heavy atom. The molecule has 0 saturated carbocycles. The Hall–Kier alpha value is -3.07. The Bertz CT molecular complexity index is 1090. The van der Waals surface area contributed by atoms with Crippen molar-refractivity contribution in [1.82, 2.24) is 19.4 Å². The molecule has 0 aliphatic carbocycles. The highest BCUT2D eigenvalue weighted by Crippen LogP contribution is 2.18. The summed E-state index contributed by atoms with van der Waals surface area (Å²) in [6.45, 7) is 0. The van der Waals surface area contributed by atoms with Crippen molar-refractivity contribution in [2.45, 2.75) is 12.8 Å². The molecule has 0 atom stereocenters. The third-order valence-corrected chi connectivity index (χ3v) is 4.00. The number of aliphatic carboxylic acids is 1. The summed E-state index contributed by atoms with van der Waals surface area (Å²) < 4.78 is 3.02. The number of carbonyl (C=O) groups is 1.